The molecule has 19 heteroatoms. The highest BCUT2D eigenvalue weighted by Crippen LogP contribution is 2.56. The van der Waals surface area contributed by atoms with E-state index in [0.29, 0.717) is 11.2 Å². The van der Waals surface area contributed by atoms with Crippen LogP contribution in [0.4, 0.5) is 5.82 Å². The zero-order chi connectivity index (χ0) is 29.3. The van der Waals surface area contributed by atoms with Crippen molar-refractivity contribution in [3.63, 3.8) is 0 Å². The number of hydrogen-bond donors (Lipinski definition) is 5. The number of aliphatic hydroxyl groups is 2. The summed E-state index contributed by atoms with van der Waals surface area (Å²) in [5.74, 6) is 2.47. The molecule has 2 aliphatic rings. The van der Waals surface area contributed by atoms with Crippen LogP contribution >= 0.6 is 19.0 Å². The summed E-state index contributed by atoms with van der Waals surface area (Å²) < 4.78 is 44.2. The summed E-state index contributed by atoms with van der Waals surface area (Å²) in [6, 6.07) is 1.09. The van der Waals surface area contributed by atoms with Gasteiger partial charge < -0.3 is 30.2 Å². The number of anilines is 1. The number of imidazole rings is 1. The van der Waals surface area contributed by atoms with Gasteiger partial charge in [0.1, 0.15) is 49.1 Å². The second kappa shape index (κ2) is 12.0. The van der Waals surface area contributed by atoms with E-state index < -0.39 is 74.2 Å². The quantitative estimate of drug-likeness (QED) is 0.105. The van der Waals surface area contributed by atoms with E-state index in [1.807, 2.05) is 0 Å². The van der Waals surface area contributed by atoms with E-state index >= 15 is 0 Å². The van der Waals surface area contributed by atoms with Crippen LogP contribution < -0.4 is 17.0 Å². The number of aliphatic hydroxyl groups excluding tert-OH is 2. The molecule has 8 atom stereocenters. The van der Waals surface area contributed by atoms with Gasteiger partial charge in [-0.1, -0.05) is 18.2 Å². The number of aromatic nitrogens is 6. The topological polar surface area (TPSA) is 228 Å². The van der Waals surface area contributed by atoms with E-state index in [1.54, 1.807) is 4.57 Å². The van der Waals surface area contributed by atoms with Gasteiger partial charge in [0.25, 0.3) is 5.56 Å². The summed E-state index contributed by atoms with van der Waals surface area (Å²) in [5.41, 5.74) is 5.16. The Bertz CT molecular complexity index is 1610. The van der Waals surface area contributed by atoms with Crippen LogP contribution in [-0.2, 0) is 27.8 Å². The molecule has 4 unspecified atom stereocenters. The Hall–Kier alpha value is -3.11. The predicted octanol–water partition coefficient (Wildman–Crippen LogP) is -1.05. The Kier molecular flexibility index (Phi) is 8.61. The second-order valence-corrected chi connectivity index (χ2v) is 12.0. The number of ether oxygens (including phenoxy) is 3. The monoisotopic (exact) mass is 611 g/mol. The molecule has 2 aliphatic heterocycles. The summed E-state index contributed by atoms with van der Waals surface area (Å²) in [7, 11) is 0. The minimum atomic E-state index is -4.22. The van der Waals surface area contributed by atoms with Gasteiger partial charge in [-0.2, -0.15) is 0 Å². The van der Waals surface area contributed by atoms with Crippen molar-refractivity contribution in [1.29, 1.82) is 0 Å². The maximum absolute atomic E-state index is 13.3. The van der Waals surface area contributed by atoms with Gasteiger partial charge in [0.2, 0.25) is 0 Å². The lowest BCUT2D eigenvalue weighted by atomic mass is 10.1. The summed E-state index contributed by atoms with van der Waals surface area (Å²) in [6.07, 6.45) is 1.93. The van der Waals surface area contributed by atoms with Crippen LogP contribution in [-0.4, -0.2) is 89.6 Å². The Balaban J connectivity index is 1.28. The standard InChI is InChI=1S/C22H26N7O10PS/c1-2-5-35-18-17(12(7-30)38-21(18)28-4-3-14(32)27-22(28)33)39-40(34,41)36-8-13-11(31)6-15(37-13)29-10-26-16-19(23)24-9-25-20(16)29/h1,3-4,9-13,15,17-18,21,30-31H,5-8H2,(H,34,41)(H2,23,24,25)(H,27,32,33)/t11?,12-,13-,15-,17?,18?,21-,40?/m1/s1. The lowest BCUT2D eigenvalue weighted by Crippen LogP contribution is -2.40. The van der Waals surface area contributed by atoms with Gasteiger partial charge in [0.15, 0.2) is 17.7 Å². The highest BCUT2D eigenvalue weighted by atomic mass is 32.7. The van der Waals surface area contributed by atoms with Crippen molar-refractivity contribution in [2.75, 3.05) is 25.6 Å². The summed E-state index contributed by atoms with van der Waals surface area (Å²) >= 11 is 4.05. The Morgan fingerprint density at radius 1 is 1.24 bits per heavy atom. The van der Waals surface area contributed by atoms with E-state index in [4.69, 9.17) is 35.4 Å². The van der Waals surface area contributed by atoms with Gasteiger partial charge in [0.05, 0.1) is 25.6 Å². The Morgan fingerprint density at radius 3 is 2.78 bits per heavy atom. The molecule has 2 saturated heterocycles. The van der Waals surface area contributed by atoms with Crippen LogP contribution in [0.1, 0.15) is 18.9 Å². The molecule has 5 N–H and O–H groups in total. The van der Waals surface area contributed by atoms with E-state index in [9.17, 15) is 24.4 Å². The average Bonchev–Trinajstić information content (AvgIpc) is 3.62. The first-order valence-corrected chi connectivity index (χ1v) is 14.9. The van der Waals surface area contributed by atoms with Crippen LogP contribution in [0, 0.1) is 12.3 Å². The highest BCUT2D eigenvalue weighted by Gasteiger charge is 2.50. The first kappa shape index (κ1) is 29.4. The number of nitrogens with one attached hydrogen (secondary N) is 1. The summed E-state index contributed by atoms with van der Waals surface area (Å²) in [6.45, 7) is -5.49. The Morgan fingerprint density at radius 2 is 2.05 bits per heavy atom. The normalized spacial score (nSPS) is 29.5. The van der Waals surface area contributed by atoms with Gasteiger partial charge in [0, 0.05) is 18.7 Å². The van der Waals surface area contributed by atoms with Gasteiger partial charge >= 0.3 is 12.5 Å². The van der Waals surface area contributed by atoms with Crippen LogP contribution in [0.2, 0.25) is 0 Å². The number of H-pyrrole nitrogens is 1. The number of rotatable bonds is 10. The lowest BCUT2D eigenvalue weighted by Gasteiger charge is -2.26. The number of fused-ring (bicyclic) bond motifs is 1. The number of aromatic amines is 1. The van der Waals surface area contributed by atoms with Crippen LogP contribution in [0.25, 0.3) is 11.2 Å². The van der Waals surface area contributed by atoms with Crippen LogP contribution in [0.3, 0.4) is 0 Å². The van der Waals surface area contributed by atoms with Gasteiger partial charge in [-0.15, -0.1) is 6.42 Å². The molecule has 0 spiro atoms. The van der Waals surface area contributed by atoms with E-state index in [-0.39, 0.29) is 18.8 Å². The zero-order valence-electron chi connectivity index (χ0n) is 21.1. The molecule has 0 amide bonds. The maximum Gasteiger partial charge on any atom is 0.386 e. The zero-order valence-corrected chi connectivity index (χ0v) is 22.9. The first-order chi connectivity index (χ1) is 19.6. The fourth-order valence-electron chi connectivity index (χ4n) is 4.62. The van der Waals surface area contributed by atoms with Crippen molar-refractivity contribution in [2.24, 2.45) is 0 Å². The van der Waals surface area contributed by atoms with E-state index in [0.717, 1.165) is 10.6 Å². The summed E-state index contributed by atoms with van der Waals surface area (Å²) in [5, 5.41) is 20.5. The molecular weight excluding hydrogens is 585 g/mol. The third-order valence-corrected chi connectivity index (χ3v) is 8.12. The van der Waals surface area contributed by atoms with Gasteiger partial charge in [-0.05, 0) is 0 Å². The Labute approximate surface area is 236 Å². The molecule has 5 rings (SSSR count). The number of nitrogens with two attached hydrogens (primary N) is 1. The molecule has 0 saturated carbocycles. The average molecular weight is 612 g/mol. The van der Waals surface area contributed by atoms with Crippen molar-refractivity contribution in [2.45, 2.75) is 49.4 Å². The van der Waals surface area contributed by atoms with E-state index in [1.165, 1.54) is 18.9 Å². The number of terminal acetylenes is 1. The van der Waals surface area contributed by atoms with Crippen molar-refractivity contribution >= 4 is 36.0 Å². The molecule has 3 aromatic heterocycles. The molecule has 0 aromatic carbocycles. The van der Waals surface area contributed by atoms with Gasteiger partial charge in [-0.3, -0.25) is 28.0 Å². The molecule has 0 bridgehead atoms. The predicted molar refractivity (Wildman–Crippen MR) is 143 cm³/mol. The minimum absolute atomic E-state index is 0.141. The third kappa shape index (κ3) is 6.09. The van der Waals surface area contributed by atoms with E-state index in [2.05, 4.69) is 38.1 Å². The van der Waals surface area contributed by atoms with Crippen molar-refractivity contribution in [3.05, 3.63) is 45.8 Å². The minimum Gasteiger partial charge on any atom is -0.394 e. The smallest absolute Gasteiger partial charge is 0.386 e. The van der Waals surface area contributed by atoms with Crippen LogP contribution in [0.5, 0.6) is 0 Å². The summed E-state index contributed by atoms with van der Waals surface area (Å²) in [4.78, 5) is 38.2. The SMILES string of the molecule is C#CCOC1C(OP(=O)(S)OC[C@H]2O[C@@H](n3cnc4c(N)ncnc43)CC2O)[C@@H](CO)O[C@H]1n1ccc(=O)[nH]c1=O. The maximum atomic E-state index is 13.3. The third-order valence-electron chi connectivity index (χ3n) is 6.51. The number of nitrogen functional groups attached to an aromatic ring is 1. The number of thiol groups is 1. The molecule has 0 radical (unpaired) electrons. The van der Waals surface area contributed by atoms with Crippen molar-refractivity contribution in [1.82, 2.24) is 29.1 Å². The lowest BCUT2D eigenvalue weighted by molar-refractivity contribution is -0.0677. The molecule has 5 heterocycles. The van der Waals surface area contributed by atoms with Gasteiger partial charge in [-0.25, -0.2) is 24.3 Å². The second-order valence-electron chi connectivity index (χ2n) is 9.09. The molecule has 17 nitrogen and oxygen atoms in total. The molecular formula is C22H26N7O10PS. The highest BCUT2D eigenvalue weighted by molar-refractivity contribution is 8.44. The molecule has 2 fully saturated rings. The first-order valence-electron chi connectivity index (χ1n) is 12.2. The number of nitrogens with zero attached hydrogens (tertiary/aromatic N) is 5. The largest absolute Gasteiger partial charge is 0.394 e. The van der Waals surface area contributed by atoms with Crippen molar-refractivity contribution in [3.8, 4) is 12.3 Å². The van der Waals surface area contributed by atoms with Crippen LogP contribution in [0.15, 0.2) is 34.5 Å². The number of hydrogen-bond acceptors (Lipinski definition) is 14. The molecule has 41 heavy (non-hydrogen) atoms. The van der Waals surface area contributed by atoms with Crippen molar-refractivity contribution < 1.29 is 38.0 Å². The fourth-order valence-corrected chi connectivity index (χ4v) is 6.11. The molecule has 0 aliphatic carbocycles. The molecule has 220 valence electrons. The fraction of sp³-hybridized carbons (Fsp3) is 0.500. The molecule has 3 aromatic rings.